The molecule has 0 aliphatic rings. The van der Waals surface area contributed by atoms with Crippen LogP contribution in [0.1, 0.15) is 27.7 Å². The lowest BCUT2D eigenvalue weighted by atomic mass is 9.94. The van der Waals surface area contributed by atoms with Gasteiger partial charge in [0.15, 0.2) is 5.69 Å². The number of aliphatic hydroxyl groups excluding tert-OH is 1. The maximum atomic E-state index is 12.3. The first-order valence-electron chi connectivity index (χ1n) is 11.4. The normalized spacial score (nSPS) is 11.9. The van der Waals surface area contributed by atoms with Gasteiger partial charge < -0.3 is 21.9 Å². The molecule has 2 aromatic carbocycles. The number of hydrogen-bond acceptors (Lipinski definition) is 7. The van der Waals surface area contributed by atoms with Gasteiger partial charge in [-0.15, -0.1) is 0 Å². The fourth-order valence-corrected chi connectivity index (χ4v) is 4.32. The monoisotopic (exact) mass is 479 g/mol. The lowest BCUT2D eigenvalue weighted by Gasteiger charge is -2.18. The predicted molar refractivity (Wildman–Crippen MR) is 140 cm³/mol. The molecule has 0 aliphatic heterocycles. The zero-order valence-corrected chi connectivity index (χ0v) is 19.6. The summed E-state index contributed by atoms with van der Waals surface area (Å²) in [5.41, 5.74) is 17.4. The number of carbonyl (C=O) groups is 1. The molecule has 3 aromatic heterocycles. The second-order valence-electron chi connectivity index (χ2n) is 8.47. The molecule has 180 valence electrons. The van der Waals surface area contributed by atoms with Crippen molar-refractivity contribution < 1.29 is 9.90 Å². The molecule has 0 aliphatic carbocycles. The first-order valence-corrected chi connectivity index (χ1v) is 11.4. The molecule has 1 amide bonds. The number of carbonyl (C=O) groups excluding carboxylic acids is 1. The highest BCUT2D eigenvalue weighted by Crippen LogP contribution is 2.37. The van der Waals surface area contributed by atoms with E-state index in [0.717, 1.165) is 27.6 Å². The van der Waals surface area contributed by atoms with Crippen LogP contribution < -0.4 is 16.8 Å². The Balaban J connectivity index is 1.61. The Kier molecular flexibility index (Phi) is 6.05. The molecule has 0 saturated heterocycles. The Labute approximate surface area is 207 Å². The molecule has 0 spiro atoms. The summed E-state index contributed by atoms with van der Waals surface area (Å²) >= 11 is 0. The van der Waals surface area contributed by atoms with Gasteiger partial charge in [-0.05, 0) is 47.9 Å². The van der Waals surface area contributed by atoms with Gasteiger partial charge in [0, 0.05) is 10.9 Å². The summed E-state index contributed by atoms with van der Waals surface area (Å²) in [4.78, 5) is 21.5. The third-order valence-corrected chi connectivity index (χ3v) is 6.11. The molecule has 5 aromatic rings. The molecule has 3 heterocycles. The number of fused-ring (bicyclic) bond motifs is 1. The number of primary amides is 1. The highest BCUT2D eigenvalue weighted by atomic mass is 16.3. The Morgan fingerprint density at radius 1 is 1.06 bits per heavy atom. The quantitative estimate of drug-likeness (QED) is 0.237. The van der Waals surface area contributed by atoms with Crippen molar-refractivity contribution in [2.45, 2.75) is 13.0 Å². The maximum absolute atomic E-state index is 12.3. The van der Waals surface area contributed by atoms with Crippen molar-refractivity contribution >= 4 is 28.3 Å². The molecule has 1 atom stereocenters. The van der Waals surface area contributed by atoms with Crippen molar-refractivity contribution in [3.63, 3.8) is 0 Å². The number of nitrogens with two attached hydrogens (primary N) is 2. The van der Waals surface area contributed by atoms with E-state index in [9.17, 15) is 9.90 Å². The first kappa shape index (κ1) is 23.0. The van der Waals surface area contributed by atoms with Crippen molar-refractivity contribution in [3.05, 3.63) is 89.7 Å². The smallest absolute Gasteiger partial charge is 0.269 e. The van der Waals surface area contributed by atoms with Crippen LogP contribution in [0.2, 0.25) is 0 Å². The van der Waals surface area contributed by atoms with Crippen LogP contribution in [0.4, 0.5) is 11.5 Å². The van der Waals surface area contributed by atoms with E-state index >= 15 is 0 Å². The Morgan fingerprint density at radius 2 is 1.86 bits per heavy atom. The molecule has 5 rings (SSSR count). The van der Waals surface area contributed by atoms with Crippen LogP contribution in [0.15, 0.2) is 72.9 Å². The van der Waals surface area contributed by atoms with E-state index in [0.29, 0.717) is 22.8 Å². The van der Waals surface area contributed by atoms with E-state index in [-0.39, 0.29) is 24.0 Å². The molecule has 0 fully saturated rings. The number of benzene rings is 2. The topological polar surface area (TPSA) is 156 Å². The van der Waals surface area contributed by atoms with E-state index in [1.807, 2.05) is 61.5 Å². The minimum atomic E-state index is -0.730. The third-order valence-electron chi connectivity index (χ3n) is 6.11. The van der Waals surface area contributed by atoms with Gasteiger partial charge in [0.05, 0.1) is 41.4 Å². The van der Waals surface area contributed by atoms with Crippen LogP contribution in [0, 0.1) is 6.92 Å². The van der Waals surface area contributed by atoms with E-state index in [1.165, 1.54) is 0 Å². The highest BCUT2D eigenvalue weighted by molar-refractivity contribution is 6.05. The fourth-order valence-electron chi connectivity index (χ4n) is 4.32. The summed E-state index contributed by atoms with van der Waals surface area (Å²) in [5, 5.41) is 21.2. The molecule has 0 unspecified atom stereocenters. The number of amides is 1. The fraction of sp³-hybridized carbons (Fsp3) is 0.111. The molecule has 7 N–H and O–H groups in total. The number of aryl methyl sites for hydroxylation is 1. The van der Waals surface area contributed by atoms with Gasteiger partial charge in [-0.25, -0.2) is 9.97 Å². The van der Waals surface area contributed by atoms with Gasteiger partial charge >= 0.3 is 0 Å². The minimum Gasteiger partial charge on any atom is -0.396 e. The number of aromatic amines is 1. The SMILES string of the molecule is Cc1ccc2[nH]ncc2c1-c1cc(-c2cccc(N[C@@H](CO)c3ccccc3)n2)nc(C(N)=O)c1N. The number of aromatic nitrogens is 4. The first-order chi connectivity index (χ1) is 17.5. The van der Waals surface area contributed by atoms with Crippen molar-refractivity contribution in [1.82, 2.24) is 20.2 Å². The summed E-state index contributed by atoms with van der Waals surface area (Å²) in [7, 11) is 0. The van der Waals surface area contributed by atoms with E-state index < -0.39 is 5.91 Å². The minimum absolute atomic E-state index is 0.0277. The highest BCUT2D eigenvalue weighted by Gasteiger charge is 2.20. The van der Waals surface area contributed by atoms with E-state index in [2.05, 4.69) is 20.5 Å². The summed E-state index contributed by atoms with van der Waals surface area (Å²) < 4.78 is 0. The summed E-state index contributed by atoms with van der Waals surface area (Å²) in [5.74, 6) is -0.185. The molecule has 0 saturated carbocycles. The second kappa shape index (κ2) is 9.47. The zero-order chi connectivity index (χ0) is 25.2. The van der Waals surface area contributed by atoms with E-state index in [4.69, 9.17) is 16.5 Å². The lowest BCUT2D eigenvalue weighted by molar-refractivity contribution is 0.0996. The average molecular weight is 480 g/mol. The van der Waals surface area contributed by atoms with Crippen LogP contribution in [0.5, 0.6) is 0 Å². The van der Waals surface area contributed by atoms with Gasteiger partial charge in [-0.3, -0.25) is 9.89 Å². The molecular formula is C27H25N7O2. The number of nitrogen functional groups attached to an aromatic ring is 1. The van der Waals surface area contributed by atoms with Crippen LogP contribution in [-0.4, -0.2) is 37.8 Å². The number of rotatable bonds is 7. The number of nitrogens with zero attached hydrogens (tertiary/aromatic N) is 3. The van der Waals surface area contributed by atoms with Crippen LogP contribution in [0.25, 0.3) is 33.4 Å². The van der Waals surface area contributed by atoms with Crippen LogP contribution in [-0.2, 0) is 0 Å². The van der Waals surface area contributed by atoms with Gasteiger partial charge in [-0.2, -0.15) is 5.10 Å². The Bertz CT molecular complexity index is 1560. The molecule has 9 nitrogen and oxygen atoms in total. The van der Waals surface area contributed by atoms with E-state index in [1.54, 1.807) is 18.3 Å². The number of anilines is 2. The average Bonchev–Trinajstić information content (AvgIpc) is 3.37. The number of aliphatic hydroxyl groups is 1. The standard InChI is InChI=1S/C27H25N7O2/c1-15-10-11-19-18(13-30-34-19)24(15)17-12-21(33-26(25(17)28)27(29)36)20-8-5-9-23(31-20)32-22(14-35)16-6-3-2-4-7-16/h2-13,22,35H,14,28H2,1H3,(H2,29,36)(H,30,34)(H,31,32)/t22-/m0/s1. The van der Waals surface area contributed by atoms with Crippen molar-refractivity contribution in [2.24, 2.45) is 5.73 Å². The third kappa shape index (κ3) is 4.23. The van der Waals surface area contributed by atoms with Crippen LogP contribution in [0.3, 0.4) is 0 Å². The second-order valence-corrected chi connectivity index (χ2v) is 8.47. The summed E-state index contributed by atoms with van der Waals surface area (Å²) in [6.07, 6.45) is 1.72. The predicted octanol–water partition coefficient (Wildman–Crippen LogP) is 3.82. The maximum Gasteiger partial charge on any atom is 0.269 e. The Hall–Kier alpha value is -4.76. The van der Waals surface area contributed by atoms with Crippen molar-refractivity contribution in [2.75, 3.05) is 17.7 Å². The lowest BCUT2D eigenvalue weighted by Crippen LogP contribution is -2.17. The number of pyridine rings is 2. The number of H-pyrrole nitrogens is 1. The molecule has 36 heavy (non-hydrogen) atoms. The molecule has 0 radical (unpaired) electrons. The van der Waals surface area contributed by atoms with Gasteiger partial charge in [-0.1, -0.05) is 42.5 Å². The van der Waals surface area contributed by atoms with Gasteiger partial charge in [0.1, 0.15) is 5.82 Å². The van der Waals surface area contributed by atoms with Crippen molar-refractivity contribution in [3.8, 4) is 22.5 Å². The number of nitrogens with one attached hydrogen (secondary N) is 2. The zero-order valence-electron chi connectivity index (χ0n) is 19.6. The number of hydrogen-bond donors (Lipinski definition) is 5. The summed E-state index contributed by atoms with van der Waals surface area (Å²) in [6, 6.07) is 20.4. The van der Waals surface area contributed by atoms with Crippen molar-refractivity contribution in [1.29, 1.82) is 0 Å². The molecule has 0 bridgehead atoms. The molecule has 9 heteroatoms. The van der Waals surface area contributed by atoms with Gasteiger partial charge in [0.2, 0.25) is 0 Å². The molecular weight excluding hydrogens is 454 g/mol. The van der Waals surface area contributed by atoms with Crippen LogP contribution >= 0.6 is 0 Å². The van der Waals surface area contributed by atoms with Gasteiger partial charge in [0.25, 0.3) is 5.91 Å². The Morgan fingerprint density at radius 3 is 2.61 bits per heavy atom. The largest absolute Gasteiger partial charge is 0.396 e. The summed E-state index contributed by atoms with van der Waals surface area (Å²) in [6.45, 7) is 1.85.